The Labute approximate surface area is 92.0 Å². The van der Waals surface area contributed by atoms with Crippen molar-refractivity contribution in [3.63, 3.8) is 0 Å². The van der Waals surface area contributed by atoms with E-state index >= 15 is 0 Å². The predicted octanol–water partition coefficient (Wildman–Crippen LogP) is 1.08. The zero-order valence-corrected chi connectivity index (χ0v) is 10.0. The lowest BCUT2D eigenvalue weighted by molar-refractivity contribution is -0.143. The van der Waals surface area contributed by atoms with Crippen LogP contribution in [0, 0.1) is 0 Å². The summed E-state index contributed by atoms with van der Waals surface area (Å²) in [5, 5.41) is 12.1. The normalized spacial score (nSPS) is 14.7. The third-order valence-corrected chi connectivity index (χ3v) is 2.55. The average molecular weight is 217 g/mol. The van der Waals surface area contributed by atoms with Crippen LogP contribution in [-0.2, 0) is 9.53 Å². The quantitative estimate of drug-likeness (QED) is 0.472. The van der Waals surface area contributed by atoms with E-state index in [1.807, 2.05) is 20.8 Å². The van der Waals surface area contributed by atoms with Gasteiger partial charge in [-0.3, -0.25) is 10.1 Å². The molecule has 0 saturated heterocycles. The van der Waals surface area contributed by atoms with E-state index in [0.29, 0.717) is 6.61 Å². The van der Waals surface area contributed by atoms with E-state index in [9.17, 15) is 4.79 Å². The van der Waals surface area contributed by atoms with Gasteiger partial charge < -0.3 is 9.84 Å². The minimum atomic E-state index is -0.385. The van der Waals surface area contributed by atoms with Crippen LogP contribution in [0.25, 0.3) is 0 Å². The van der Waals surface area contributed by atoms with Crippen LogP contribution in [0.1, 0.15) is 40.0 Å². The van der Waals surface area contributed by atoms with Crippen LogP contribution in [0.2, 0.25) is 0 Å². The van der Waals surface area contributed by atoms with Crippen molar-refractivity contribution in [3.8, 4) is 0 Å². The van der Waals surface area contributed by atoms with Crippen molar-refractivity contribution in [1.82, 2.24) is 5.32 Å². The first-order chi connectivity index (χ1) is 7.08. The molecule has 4 heteroatoms. The van der Waals surface area contributed by atoms with Gasteiger partial charge in [-0.25, -0.2) is 0 Å². The summed E-state index contributed by atoms with van der Waals surface area (Å²) in [5.41, 5.74) is -0.385. The molecule has 0 aromatic carbocycles. The Morgan fingerprint density at radius 3 is 2.60 bits per heavy atom. The third-order valence-electron chi connectivity index (χ3n) is 2.55. The molecule has 90 valence electrons. The fourth-order valence-corrected chi connectivity index (χ4v) is 0.960. The number of carbonyl (C=O) groups is 1. The smallest absolute Gasteiger partial charge is 0.319 e. The molecule has 0 heterocycles. The van der Waals surface area contributed by atoms with Crippen molar-refractivity contribution in [2.24, 2.45) is 0 Å². The number of nitrogens with one attached hydrogen (secondary N) is 1. The van der Waals surface area contributed by atoms with Crippen LogP contribution in [0.15, 0.2) is 0 Å². The summed E-state index contributed by atoms with van der Waals surface area (Å²) in [6.45, 7) is 6.56. The molecule has 0 aliphatic heterocycles. The largest absolute Gasteiger partial charge is 0.465 e. The fourth-order valence-electron chi connectivity index (χ4n) is 0.960. The van der Waals surface area contributed by atoms with Gasteiger partial charge in [-0.2, -0.15) is 0 Å². The first-order valence-electron chi connectivity index (χ1n) is 5.59. The van der Waals surface area contributed by atoms with Gasteiger partial charge in [-0.15, -0.1) is 0 Å². The Balaban J connectivity index is 3.69. The zero-order valence-electron chi connectivity index (χ0n) is 10.0. The summed E-state index contributed by atoms with van der Waals surface area (Å²) in [5.74, 6) is -0.253. The molecule has 0 fully saturated rings. The van der Waals surface area contributed by atoms with Crippen molar-refractivity contribution in [2.75, 3.05) is 19.8 Å². The molecular weight excluding hydrogens is 194 g/mol. The van der Waals surface area contributed by atoms with Gasteiger partial charge in [0.1, 0.15) is 0 Å². The van der Waals surface area contributed by atoms with E-state index in [0.717, 1.165) is 19.3 Å². The van der Waals surface area contributed by atoms with Crippen molar-refractivity contribution < 1.29 is 14.6 Å². The van der Waals surface area contributed by atoms with Crippen LogP contribution < -0.4 is 5.32 Å². The highest BCUT2D eigenvalue weighted by Crippen LogP contribution is 2.06. The van der Waals surface area contributed by atoms with E-state index in [-0.39, 0.29) is 24.7 Å². The van der Waals surface area contributed by atoms with Gasteiger partial charge in [-0.05, 0) is 19.8 Å². The molecule has 0 saturated carbocycles. The standard InChI is InChI=1S/C11H23NO3/c1-4-6-7-15-10(14)8-12-11(3,5-2)9-13/h12-13H,4-9H2,1-3H3. The second-order valence-corrected chi connectivity index (χ2v) is 4.00. The van der Waals surface area contributed by atoms with Gasteiger partial charge in [0.2, 0.25) is 0 Å². The second kappa shape index (κ2) is 7.65. The van der Waals surface area contributed by atoms with E-state index in [2.05, 4.69) is 5.32 Å². The maximum Gasteiger partial charge on any atom is 0.319 e. The molecule has 0 aliphatic rings. The first kappa shape index (κ1) is 14.4. The third kappa shape index (κ3) is 6.47. The highest BCUT2D eigenvalue weighted by Gasteiger charge is 2.21. The molecule has 2 N–H and O–H groups in total. The summed E-state index contributed by atoms with van der Waals surface area (Å²) in [7, 11) is 0. The highest BCUT2D eigenvalue weighted by atomic mass is 16.5. The second-order valence-electron chi connectivity index (χ2n) is 4.00. The molecule has 0 bridgehead atoms. The summed E-state index contributed by atoms with van der Waals surface area (Å²) in [6, 6.07) is 0. The lowest BCUT2D eigenvalue weighted by Crippen LogP contribution is -2.47. The Morgan fingerprint density at radius 1 is 1.47 bits per heavy atom. The van der Waals surface area contributed by atoms with Crippen molar-refractivity contribution in [1.29, 1.82) is 0 Å². The number of rotatable bonds is 8. The van der Waals surface area contributed by atoms with Crippen molar-refractivity contribution in [3.05, 3.63) is 0 Å². The van der Waals surface area contributed by atoms with Crippen LogP contribution in [-0.4, -0.2) is 36.4 Å². The molecule has 1 unspecified atom stereocenters. The van der Waals surface area contributed by atoms with E-state index in [1.165, 1.54) is 0 Å². The molecule has 0 aliphatic carbocycles. The Morgan fingerprint density at radius 2 is 2.13 bits per heavy atom. The van der Waals surface area contributed by atoms with Gasteiger partial charge >= 0.3 is 5.97 Å². The highest BCUT2D eigenvalue weighted by molar-refractivity contribution is 5.71. The Kier molecular flexibility index (Phi) is 7.34. The lowest BCUT2D eigenvalue weighted by atomic mass is 10.0. The molecule has 0 spiro atoms. The molecule has 0 radical (unpaired) electrons. The average Bonchev–Trinajstić information content (AvgIpc) is 2.26. The van der Waals surface area contributed by atoms with Crippen LogP contribution >= 0.6 is 0 Å². The summed E-state index contributed by atoms with van der Waals surface area (Å²) in [6.07, 6.45) is 2.69. The number of aliphatic hydroxyl groups excluding tert-OH is 1. The number of unbranched alkanes of at least 4 members (excludes halogenated alkanes) is 1. The van der Waals surface area contributed by atoms with Crippen molar-refractivity contribution >= 4 is 5.97 Å². The molecular formula is C11H23NO3. The number of esters is 1. The lowest BCUT2D eigenvalue weighted by Gasteiger charge is -2.26. The van der Waals surface area contributed by atoms with Gasteiger partial charge in [0, 0.05) is 5.54 Å². The number of carbonyl (C=O) groups excluding carboxylic acids is 1. The Hall–Kier alpha value is -0.610. The predicted molar refractivity (Wildman–Crippen MR) is 59.7 cm³/mol. The molecule has 0 aromatic rings. The van der Waals surface area contributed by atoms with Gasteiger partial charge in [-0.1, -0.05) is 20.3 Å². The van der Waals surface area contributed by atoms with Gasteiger partial charge in [0.15, 0.2) is 0 Å². The summed E-state index contributed by atoms with van der Waals surface area (Å²) in [4.78, 5) is 11.2. The van der Waals surface area contributed by atoms with Gasteiger partial charge in [0.25, 0.3) is 0 Å². The number of ether oxygens (including phenoxy) is 1. The zero-order chi connectivity index (χ0) is 11.7. The SMILES string of the molecule is CCCCOC(=O)CNC(C)(CC)CO. The molecule has 4 nitrogen and oxygen atoms in total. The first-order valence-corrected chi connectivity index (χ1v) is 5.59. The molecule has 1 atom stereocenters. The maximum absolute atomic E-state index is 11.2. The van der Waals surface area contributed by atoms with E-state index in [1.54, 1.807) is 0 Å². The monoisotopic (exact) mass is 217 g/mol. The van der Waals surface area contributed by atoms with Gasteiger partial charge in [0.05, 0.1) is 19.8 Å². The van der Waals surface area contributed by atoms with Crippen LogP contribution in [0.4, 0.5) is 0 Å². The number of hydrogen-bond acceptors (Lipinski definition) is 4. The fraction of sp³-hybridized carbons (Fsp3) is 0.909. The van der Waals surface area contributed by atoms with E-state index < -0.39 is 0 Å². The molecule has 15 heavy (non-hydrogen) atoms. The van der Waals surface area contributed by atoms with Crippen LogP contribution in [0.5, 0.6) is 0 Å². The minimum absolute atomic E-state index is 0.0196. The topological polar surface area (TPSA) is 58.6 Å². The molecule has 0 rings (SSSR count). The summed E-state index contributed by atoms with van der Waals surface area (Å²) >= 11 is 0. The number of aliphatic hydroxyl groups is 1. The van der Waals surface area contributed by atoms with Crippen LogP contribution in [0.3, 0.4) is 0 Å². The Bertz CT molecular complexity index is 179. The summed E-state index contributed by atoms with van der Waals surface area (Å²) < 4.78 is 4.98. The van der Waals surface area contributed by atoms with E-state index in [4.69, 9.17) is 9.84 Å². The number of hydrogen-bond donors (Lipinski definition) is 2. The maximum atomic E-state index is 11.2. The van der Waals surface area contributed by atoms with Crippen molar-refractivity contribution in [2.45, 2.75) is 45.6 Å². The molecule has 0 aromatic heterocycles. The molecule has 0 amide bonds. The minimum Gasteiger partial charge on any atom is -0.465 e.